The van der Waals surface area contributed by atoms with Crippen LogP contribution in [0.4, 0.5) is 0 Å². The molecule has 2 aromatic carbocycles. The Morgan fingerprint density at radius 2 is 1.78 bits per heavy atom. The van der Waals surface area contributed by atoms with Crippen LogP contribution in [0.25, 0.3) is 11.1 Å². The van der Waals surface area contributed by atoms with Crippen molar-refractivity contribution < 1.29 is 13.2 Å². The van der Waals surface area contributed by atoms with Gasteiger partial charge in [0.2, 0.25) is 15.9 Å². The van der Waals surface area contributed by atoms with Crippen molar-refractivity contribution in [2.45, 2.75) is 43.0 Å². The first-order chi connectivity index (χ1) is 17.1. The van der Waals surface area contributed by atoms with Gasteiger partial charge in [-0.05, 0) is 66.6 Å². The Bertz CT molecular complexity index is 1380. The molecular weight excluding hydrogens is 519 g/mol. The predicted molar refractivity (Wildman–Crippen MR) is 141 cm³/mol. The third-order valence-corrected chi connectivity index (χ3v) is 9.81. The fourth-order valence-corrected chi connectivity index (χ4v) is 6.75. The van der Waals surface area contributed by atoms with Gasteiger partial charge in [-0.3, -0.25) is 4.79 Å². The molecule has 2 heterocycles. The van der Waals surface area contributed by atoms with E-state index >= 15 is 0 Å². The second-order valence-corrected chi connectivity index (χ2v) is 12.6. The van der Waals surface area contributed by atoms with Crippen molar-refractivity contribution in [3.05, 3.63) is 69.7 Å². The molecule has 1 N–H and O–H groups in total. The molecule has 0 radical (unpaired) electrons. The summed E-state index contributed by atoms with van der Waals surface area (Å²) in [6.07, 6.45) is 5.64. The van der Waals surface area contributed by atoms with Crippen molar-refractivity contribution in [2.75, 3.05) is 20.6 Å². The van der Waals surface area contributed by atoms with Crippen LogP contribution in [0.2, 0.25) is 10.0 Å². The minimum atomic E-state index is -3.50. The maximum absolute atomic E-state index is 13.3. The number of nitrogens with one attached hydrogen (secondary N) is 1. The first-order valence-corrected chi connectivity index (χ1v) is 14.2. The molecule has 0 bridgehead atoms. The maximum Gasteiger partial charge on any atom is 0.242 e. The van der Waals surface area contributed by atoms with Crippen molar-refractivity contribution in [3.63, 3.8) is 0 Å². The van der Waals surface area contributed by atoms with E-state index in [2.05, 4.69) is 9.97 Å². The number of nitrogens with zero attached hydrogens (tertiary/aromatic N) is 3. The first-order valence-electron chi connectivity index (χ1n) is 12.0. The lowest BCUT2D eigenvalue weighted by Gasteiger charge is -2.31. The van der Waals surface area contributed by atoms with Crippen LogP contribution in [-0.2, 0) is 34.1 Å². The van der Waals surface area contributed by atoms with Crippen LogP contribution >= 0.6 is 23.2 Å². The van der Waals surface area contributed by atoms with Gasteiger partial charge in [0.05, 0.1) is 16.9 Å². The largest absolute Gasteiger partial charge is 0.348 e. The highest BCUT2D eigenvalue weighted by molar-refractivity contribution is 7.89. The Balaban J connectivity index is 1.30. The molecular formula is C26H28Cl2N4O3S. The van der Waals surface area contributed by atoms with Crippen molar-refractivity contribution in [1.29, 1.82) is 0 Å². The Morgan fingerprint density at radius 3 is 2.44 bits per heavy atom. The molecule has 1 aliphatic heterocycles. The van der Waals surface area contributed by atoms with E-state index in [9.17, 15) is 13.2 Å². The summed E-state index contributed by atoms with van der Waals surface area (Å²) in [5.41, 5.74) is 4.62. The lowest BCUT2D eigenvalue weighted by molar-refractivity contribution is -0.133. The van der Waals surface area contributed by atoms with E-state index < -0.39 is 10.0 Å². The second kappa shape index (κ2) is 9.82. The number of halogens is 2. The zero-order valence-corrected chi connectivity index (χ0v) is 22.5. The summed E-state index contributed by atoms with van der Waals surface area (Å²) in [5.74, 6) is 0.0152. The van der Waals surface area contributed by atoms with Gasteiger partial charge in [0.15, 0.2) is 0 Å². The Morgan fingerprint density at radius 1 is 1.08 bits per heavy atom. The Hall–Kier alpha value is -2.39. The average Bonchev–Trinajstić information content (AvgIpc) is 3.47. The molecule has 1 saturated heterocycles. The summed E-state index contributed by atoms with van der Waals surface area (Å²) in [6.45, 7) is 0.743. The van der Waals surface area contributed by atoms with Crippen LogP contribution in [-0.4, -0.2) is 60.2 Å². The van der Waals surface area contributed by atoms with Gasteiger partial charge in [-0.15, -0.1) is 0 Å². The number of aromatic amines is 1. The smallest absolute Gasteiger partial charge is 0.242 e. The molecule has 1 aromatic heterocycles. The lowest BCUT2D eigenvalue weighted by Crippen LogP contribution is -2.41. The number of carbonyl (C=O) groups is 1. The number of sulfonamides is 1. The molecule has 10 heteroatoms. The van der Waals surface area contributed by atoms with Crippen LogP contribution in [0.15, 0.2) is 47.6 Å². The highest BCUT2D eigenvalue weighted by atomic mass is 35.5. The van der Waals surface area contributed by atoms with Crippen molar-refractivity contribution in [3.8, 4) is 11.1 Å². The summed E-state index contributed by atoms with van der Waals surface area (Å²) in [4.78, 5) is 23.1. The number of amides is 1. The second-order valence-electron chi connectivity index (χ2n) is 9.68. The van der Waals surface area contributed by atoms with Gasteiger partial charge in [-0.2, -0.15) is 0 Å². The van der Waals surface area contributed by atoms with Crippen LogP contribution in [0.5, 0.6) is 0 Å². The fourth-order valence-electron chi connectivity index (χ4n) is 5.20. The van der Waals surface area contributed by atoms with Crippen molar-refractivity contribution in [2.24, 2.45) is 5.92 Å². The molecule has 3 aromatic rings. The molecule has 1 fully saturated rings. The number of fused-ring (bicyclic) bond motifs is 1. The molecule has 1 amide bonds. The summed E-state index contributed by atoms with van der Waals surface area (Å²) in [5, 5.41) is 1.02. The average molecular weight is 548 g/mol. The fraction of sp³-hybridized carbons (Fsp3) is 0.385. The van der Waals surface area contributed by atoms with Gasteiger partial charge in [0.25, 0.3) is 0 Å². The lowest BCUT2D eigenvalue weighted by atomic mass is 9.94. The number of hydrogen-bond acceptors (Lipinski definition) is 4. The monoisotopic (exact) mass is 546 g/mol. The van der Waals surface area contributed by atoms with Crippen LogP contribution in [0, 0.1) is 5.92 Å². The summed E-state index contributed by atoms with van der Waals surface area (Å²) < 4.78 is 25.9. The van der Waals surface area contributed by atoms with Crippen molar-refractivity contribution >= 4 is 39.1 Å². The number of benzene rings is 2. The number of likely N-dealkylation sites (tertiary alicyclic amines) is 1. The third kappa shape index (κ3) is 4.67. The minimum Gasteiger partial charge on any atom is -0.348 e. The number of aromatic nitrogens is 2. The SMILES string of the molecule is CN(C)S(=O)(=O)c1ccc(-c2cc(Cl)c(C[C@@H]3CCN(C4CCc5nc[nH]c5C4)C3=O)c(Cl)c2)cc1. The quantitative estimate of drug-likeness (QED) is 0.490. The van der Waals surface area contributed by atoms with E-state index in [0.717, 1.165) is 60.3 Å². The Kier molecular flexibility index (Phi) is 6.89. The molecule has 36 heavy (non-hydrogen) atoms. The number of rotatable bonds is 6. The predicted octanol–water partition coefficient (Wildman–Crippen LogP) is 4.58. The molecule has 1 aliphatic carbocycles. The molecule has 7 nitrogen and oxygen atoms in total. The van der Waals surface area contributed by atoms with Crippen LogP contribution in [0.1, 0.15) is 29.8 Å². The van der Waals surface area contributed by atoms with Gasteiger partial charge in [0.1, 0.15) is 0 Å². The molecule has 5 rings (SSSR count). The Labute approximate surface area is 221 Å². The number of carbonyl (C=O) groups excluding carboxylic acids is 1. The third-order valence-electron chi connectivity index (χ3n) is 7.31. The number of imidazole rings is 1. The van der Waals surface area contributed by atoms with Gasteiger partial charge in [-0.1, -0.05) is 35.3 Å². The van der Waals surface area contributed by atoms with Gasteiger partial charge in [-0.25, -0.2) is 17.7 Å². The number of hydrogen-bond donors (Lipinski definition) is 1. The van der Waals surface area contributed by atoms with E-state index in [1.165, 1.54) is 18.4 Å². The van der Waals surface area contributed by atoms with Crippen LogP contribution in [0.3, 0.4) is 0 Å². The molecule has 0 spiro atoms. The molecule has 1 unspecified atom stereocenters. The molecule has 190 valence electrons. The van der Waals surface area contributed by atoms with E-state index in [0.29, 0.717) is 16.5 Å². The standard InChI is InChI=1S/C26H28Cl2N4O3S/c1-31(2)36(34,35)20-6-3-16(4-7-20)18-12-22(27)21(23(28)13-18)11-17-9-10-32(26(17)33)19-5-8-24-25(14-19)30-15-29-24/h3-4,6-7,12-13,15,17,19H,5,8-11,14H2,1-2H3,(H,29,30)/t17-,19?/m0/s1. The number of H-pyrrole nitrogens is 1. The van der Waals surface area contributed by atoms with E-state index in [1.807, 2.05) is 17.0 Å². The highest BCUT2D eigenvalue weighted by Crippen LogP contribution is 2.36. The highest BCUT2D eigenvalue weighted by Gasteiger charge is 2.38. The van der Waals surface area contributed by atoms with Gasteiger partial charge in [0, 0.05) is 54.8 Å². The zero-order valence-electron chi connectivity index (χ0n) is 20.2. The van der Waals surface area contributed by atoms with E-state index in [-0.39, 0.29) is 22.8 Å². The molecule has 2 atom stereocenters. The van der Waals surface area contributed by atoms with E-state index in [4.69, 9.17) is 23.2 Å². The summed E-state index contributed by atoms with van der Waals surface area (Å²) >= 11 is 13.3. The maximum atomic E-state index is 13.3. The van der Waals surface area contributed by atoms with Crippen molar-refractivity contribution in [1.82, 2.24) is 19.2 Å². The zero-order chi connectivity index (χ0) is 25.6. The first kappa shape index (κ1) is 25.3. The van der Waals surface area contributed by atoms with Crippen LogP contribution < -0.4 is 0 Å². The van der Waals surface area contributed by atoms with Gasteiger partial charge >= 0.3 is 0 Å². The summed E-state index contributed by atoms with van der Waals surface area (Å²) in [6, 6.07) is 10.5. The normalized spacial score (nSPS) is 20.2. The minimum absolute atomic E-state index is 0.149. The van der Waals surface area contributed by atoms with E-state index in [1.54, 1.807) is 30.6 Å². The van der Waals surface area contributed by atoms with Gasteiger partial charge < -0.3 is 9.88 Å². The molecule has 0 saturated carbocycles. The number of aryl methyl sites for hydroxylation is 1. The molecule has 2 aliphatic rings. The summed E-state index contributed by atoms with van der Waals surface area (Å²) in [7, 11) is -0.501. The topological polar surface area (TPSA) is 86.4 Å².